The molecule has 0 unspecified atom stereocenters. The highest BCUT2D eigenvalue weighted by Crippen LogP contribution is 2.16. The minimum atomic E-state index is -0.497. The van der Waals surface area contributed by atoms with E-state index in [0.717, 1.165) is 12.5 Å². The molecule has 0 bridgehead atoms. The Morgan fingerprint density at radius 3 is 2.70 bits per heavy atom. The van der Waals surface area contributed by atoms with Crippen LogP contribution in [0, 0.1) is 5.82 Å². The highest BCUT2D eigenvalue weighted by atomic mass is 19.1. The fourth-order valence-electron chi connectivity index (χ4n) is 1.99. The number of nitrogens with zero attached hydrogens (tertiary/aromatic N) is 2. The van der Waals surface area contributed by atoms with Gasteiger partial charge in [-0.3, -0.25) is 14.3 Å². The zero-order chi connectivity index (χ0) is 16.8. The second kappa shape index (κ2) is 7.53. The van der Waals surface area contributed by atoms with Crippen LogP contribution in [-0.4, -0.2) is 28.1 Å². The first-order valence-electron chi connectivity index (χ1n) is 7.47. The Kier molecular flexibility index (Phi) is 5.46. The molecule has 0 spiro atoms. The van der Waals surface area contributed by atoms with E-state index >= 15 is 0 Å². The molecule has 1 aromatic carbocycles. The first-order chi connectivity index (χ1) is 11.0. The molecule has 0 fully saturated rings. The SMILES string of the molecule is CCCNC(=O)c1nn(CC)cc1NC(=O)c1cccc(F)c1. The van der Waals surface area contributed by atoms with Crippen LogP contribution in [0.3, 0.4) is 0 Å². The van der Waals surface area contributed by atoms with Gasteiger partial charge in [0.15, 0.2) is 5.69 Å². The van der Waals surface area contributed by atoms with Gasteiger partial charge in [-0.05, 0) is 31.5 Å². The molecule has 2 aromatic rings. The number of amides is 2. The van der Waals surface area contributed by atoms with Crippen molar-refractivity contribution < 1.29 is 14.0 Å². The summed E-state index contributed by atoms with van der Waals surface area (Å²) in [6.45, 7) is 4.90. The van der Waals surface area contributed by atoms with Gasteiger partial charge in [0.2, 0.25) is 0 Å². The van der Waals surface area contributed by atoms with Crippen molar-refractivity contribution in [2.75, 3.05) is 11.9 Å². The van der Waals surface area contributed by atoms with E-state index < -0.39 is 11.7 Å². The van der Waals surface area contributed by atoms with Crippen LogP contribution in [0.25, 0.3) is 0 Å². The smallest absolute Gasteiger partial charge is 0.273 e. The predicted molar refractivity (Wildman–Crippen MR) is 84.9 cm³/mol. The molecule has 6 nitrogen and oxygen atoms in total. The van der Waals surface area contributed by atoms with Crippen molar-refractivity contribution in [3.8, 4) is 0 Å². The molecule has 122 valence electrons. The van der Waals surface area contributed by atoms with E-state index in [4.69, 9.17) is 0 Å². The van der Waals surface area contributed by atoms with Gasteiger partial charge >= 0.3 is 0 Å². The Morgan fingerprint density at radius 2 is 2.04 bits per heavy atom. The van der Waals surface area contributed by atoms with E-state index in [2.05, 4.69) is 15.7 Å². The Labute approximate surface area is 133 Å². The molecule has 2 amide bonds. The van der Waals surface area contributed by atoms with Crippen LogP contribution in [-0.2, 0) is 6.54 Å². The summed E-state index contributed by atoms with van der Waals surface area (Å²) in [7, 11) is 0. The third-order valence-electron chi connectivity index (χ3n) is 3.17. The summed E-state index contributed by atoms with van der Waals surface area (Å²) in [5.74, 6) is -1.35. The number of rotatable bonds is 6. The summed E-state index contributed by atoms with van der Waals surface area (Å²) >= 11 is 0. The lowest BCUT2D eigenvalue weighted by Crippen LogP contribution is -2.26. The number of hydrogen-bond donors (Lipinski definition) is 2. The van der Waals surface area contributed by atoms with Crippen molar-refractivity contribution >= 4 is 17.5 Å². The van der Waals surface area contributed by atoms with Crippen LogP contribution in [0.5, 0.6) is 0 Å². The second-order valence-electron chi connectivity index (χ2n) is 4.97. The van der Waals surface area contributed by atoms with Gasteiger partial charge in [-0.15, -0.1) is 0 Å². The monoisotopic (exact) mass is 318 g/mol. The first kappa shape index (κ1) is 16.7. The Hall–Kier alpha value is -2.70. The van der Waals surface area contributed by atoms with E-state index in [1.807, 2.05) is 13.8 Å². The maximum Gasteiger partial charge on any atom is 0.273 e. The molecule has 0 radical (unpaired) electrons. The van der Waals surface area contributed by atoms with Crippen molar-refractivity contribution in [1.82, 2.24) is 15.1 Å². The van der Waals surface area contributed by atoms with E-state index in [1.165, 1.54) is 18.2 Å². The molecule has 1 aromatic heterocycles. The van der Waals surface area contributed by atoms with Crippen molar-refractivity contribution in [2.24, 2.45) is 0 Å². The Bertz CT molecular complexity index is 712. The van der Waals surface area contributed by atoms with Crippen LogP contribution in [0.2, 0.25) is 0 Å². The van der Waals surface area contributed by atoms with Gasteiger partial charge in [-0.1, -0.05) is 13.0 Å². The zero-order valence-electron chi connectivity index (χ0n) is 13.1. The van der Waals surface area contributed by atoms with E-state index in [9.17, 15) is 14.0 Å². The molecule has 0 saturated heterocycles. The van der Waals surface area contributed by atoms with Crippen molar-refractivity contribution in [2.45, 2.75) is 26.8 Å². The quantitative estimate of drug-likeness (QED) is 0.859. The molecule has 2 N–H and O–H groups in total. The topological polar surface area (TPSA) is 76.0 Å². The maximum atomic E-state index is 13.2. The molecule has 0 aliphatic rings. The molecule has 0 aliphatic carbocycles. The van der Waals surface area contributed by atoms with Crippen LogP contribution >= 0.6 is 0 Å². The highest BCUT2D eigenvalue weighted by molar-refractivity contribution is 6.08. The van der Waals surface area contributed by atoms with Crippen LogP contribution in [0.4, 0.5) is 10.1 Å². The van der Waals surface area contributed by atoms with Crippen molar-refractivity contribution in [1.29, 1.82) is 0 Å². The summed E-state index contributed by atoms with van der Waals surface area (Å²) in [4.78, 5) is 24.3. The molecule has 0 aliphatic heterocycles. The summed E-state index contributed by atoms with van der Waals surface area (Å²) < 4.78 is 14.8. The third-order valence-corrected chi connectivity index (χ3v) is 3.17. The number of carbonyl (C=O) groups is 2. The fraction of sp³-hybridized carbons (Fsp3) is 0.312. The lowest BCUT2D eigenvalue weighted by molar-refractivity contribution is 0.0948. The normalized spacial score (nSPS) is 10.4. The predicted octanol–water partition coefficient (Wildman–Crippen LogP) is 2.43. The van der Waals surface area contributed by atoms with E-state index in [-0.39, 0.29) is 17.2 Å². The van der Waals surface area contributed by atoms with E-state index in [1.54, 1.807) is 10.9 Å². The number of aromatic nitrogens is 2. The lowest BCUT2D eigenvalue weighted by Gasteiger charge is -2.06. The molecule has 0 atom stereocenters. The summed E-state index contributed by atoms with van der Waals surface area (Å²) in [6.07, 6.45) is 2.38. The molecule has 2 rings (SSSR count). The van der Waals surface area contributed by atoms with Crippen LogP contribution in [0.15, 0.2) is 30.5 Å². The average Bonchev–Trinajstić information content (AvgIpc) is 2.95. The molecular weight excluding hydrogens is 299 g/mol. The highest BCUT2D eigenvalue weighted by Gasteiger charge is 2.18. The summed E-state index contributed by atoms with van der Waals surface area (Å²) in [6, 6.07) is 5.35. The second-order valence-corrected chi connectivity index (χ2v) is 4.97. The summed E-state index contributed by atoms with van der Waals surface area (Å²) in [5.41, 5.74) is 0.619. The number of hydrogen-bond acceptors (Lipinski definition) is 3. The van der Waals surface area contributed by atoms with Gasteiger partial charge in [-0.2, -0.15) is 5.10 Å². The van der Waals surface area contributed by atoms with Gasteiger partial charge in [0.1, 0.15) is 5.82 Å². The van der Waals surface area contributed by atoms with Crippen molar-refractivity contribution in [3.63, 3.8) is 0 Å². The maximum absolute atomic E-state index is 13.2. The van der Waals surface area contributed by atoms with Crippen molar-refractivity contribution in [3.05, 3.63) is 47.5 Å². The molecule has 1 heterocycles. The molecule has 23 heavy (non-hydrogen) atoms. The standard InChI is InChI=1S/C16H19FN4O2/c1-3-8-18-16(23)14-13(10-21(4-2)20-14)19-15(22)11-6-5-7-12(17)9-11/h5-7,9-10H,3-4,8H2,1-2H3,(H,18,23)(H,19,22). The Balaban J connectivity index is 2.22. The fourth-order valence-corrected chi connectivity index (χ4v) is 1.99. The van der Waals surface area contributed by atoms with Crippen LogP contribution in [0.1, 0.15) is 41.1 Å². The van der Waals surface area contributed by atoms with Gasteiger partial charge < -0.3 is 10.6 Å². The molecule has 7 heteroatoms. The van der Waals surface area contributed by atoms with E-state index in [0.29, 0.717) is 18.8 Å². The minimum absolute atomic E-state index is 0.144. The Morgan fingerprint density at radius 1 is 1.26 bits per heavy atom. The van der Waals surface area contributed by atoms with Gasteiger partial charge in [-0.25, -0.2) is 4.39 Å². The minimum Gasteiger partial charge on any atom is -0.351 e. The van der Waals surface area contributed by atoms with Crippen LogP contribution < -0.4 is 10.6 Å². The van der Waals surface area contributed by atoms with Gasteiger partial charge in [0, 0.05) is 24.8 Å². The first-order valence-corrected chi connectivity index (χ1v) is 7.47. The summed E-state index contributed by atoms with van der Waals surface area (Å²) in [5, 5.41) is 9.50. The lowest BCUT2D eigenvalue weighted by atomic mass is 10.2. The zero-order valence-corrected chi connectivity index (χ0v) is 13.1. The molecule has 0 saturated carbocycles. The average molecular weight is 318 g/mol. The number of aryl methyl sites for hydroxylation is 1. The molecular formula is C16H19FN4O2. The third kappa shape index (κ3) is 4.15. The van der Waals surface area contributed by atoms with Gasteiger partial charge in [0.05, 0.1) is 5.69 Å². The number of anilines is 1. The number of benzene rings is 1. The van der Waals surface area contributed by atoms with Gasteiger partial charge in [0.25, 0.3) is 11.8 Å². The number of carbonyl (C=O) groups excluding carboxylic acids is 2. The largest absolute Gasteiger partial charge is 0.351 e. The number of nitrogens with one attached hydrogen (secondary N) is 2. The number of halogens is 1.